The van der Waals surface area contributed by atoms with Crippen LogP contribution in [0.2, 0.25) is 0 Å². The maximum Gasteiger partial charge on any atom is 0.226 e. The minimum Gasteiger partial charge on any atom is -0.492 e. The van der Waals surface area contributed by atoms with E-state index in [0.29, 0.717) is 46.5 Å². The van der Waals surface area contributed by atoms with E-state index in [4.69, 9.17) is 24.8 Å². The Balaban J connectivity index is 1.50. The predicted molar refractivity (Wildman–Crippen MR) is 151 cm³/mol. The first kappa shape index (κ1) is 26.6. The molecule has 1 amide bonds. The zero-order chi connectivity index (χ0) is 28.2. The normalized spacial score (nSPS) is 11.3. The third-order valence-electron chi connectivity index (χ3n) is 5.99. The van der Waals surface area contributed by atoms with Crippen molar-refractivity contribution in [2.45, 2.75) is 13.8 Å². The summed E-state index contributed by atoms with van der Waals surface area (Å²) in [6.45, 7) is 5.04. The lowest BCUT2D eigenvalue weighted by Gasteiger charge is -2.13. The van der Waals surface area contributed by atoms with Gasteiger partial charge in [-0.05, 0) is 60.8 Å². The summed E-state index contributed by atoms with van der Waals surface area (Å²) in [5.74, 6) is 1.93. The fraction of sp³-hybridized carbons (Fsp3) is 0.250. The summed E-state index contributed by atoms with van der Waals surface area (Å²) < 4.78 is 18.6. The van der Waals surface area contributed by atoms with Crippen LogP contribution in [0.1, 0.15) is 13.8 Å². The molecule has 12 heteroatoms. The summed E-state index contributed by atoms with van der Waals surface area (Å²) in [6.07, 6.45) is 1.61. The topological polar surface area (TPSA) is 146 Å². The van der Waals surface area contributed by atoms with Crippen LogP contribution < -0.4 is 20.5 Å². The molecule has 3 heterocycles. The van der Waals surface area contributed by atoms with E-state index >= 15 is 0 Å². The average Bonchev–Trinajstić information content (AvgIpc) is 3.52. The highest BCUT2D eigenvalue weighted by molar-refractivity contribution is 5.92. The van der Waals surface area contributed by atoms with Gasteiger partial charge in [0.05, 0.1) is 11.7 Å². The van der Waals surface area contributed by atoms with Gasteiger partial charge in [0, 0.05) is 36.0 Å². The number of rotatable bonds is 10. The molecule has 206 valence electrons. The smallest absolute Gasteiger partial charge is 0.226 e. The van der Waals surface area contributed by atoms with Gasteiger partial charge in [0.1, 0.15) is 23.6 Å². The number of ether oxygens (including phenoxy) is 2. The Morgan fingerprint density at radius 2 is 1.90 bits per heavy atom. The third-order valence-corrected chi connectivity index (χ3v) is 5.99. The number of amides is 1. The summed E-state index contributed by atoms with van der Waals surface area (Å²) in [5, 5.41) is 10.6. The minimum absolute atomic E-state index is 0.0798. The summed E-state index contributed by atoms with van der Waals surface area (Å²) in [5.41, 5.74) is 9.05. The lowest BCUT2D eigenvalue weighted by atomic mass is 10.2. The number of nitrogens with two attached hydrogens (primary N) is 1. The molecule has 2 aromatic carbocycles. The van der Waals surface area contributed by atoms with E-state index in [0.717, 1.165) is 18.0 Å². The molecule has 0 saturated heterocycles. The predicted octanol–water partition coefficient (Wildman–Crippen LogP) is 4.38. The molecule has 3 aromatic heterocycles. The maximum atomic E-state index is 12.1. The van der Waals surface area contributed by atoms with Crippen LogP contribution in [0.3, 0.4) is 0 Å². The van der Waals surface area contributed by atoms with Gasteiger partial charge in [-0.15, -0.1) is 0 Å². The molecule has 5 rings (SSSR count). The maximum absolute atomic E-state index is 12.1. The molecule has 0 aliphatic heterocycles. The second-order valence-electron chi connectivity index (χ2n) is 9.70. The number of carbonyl (C=O) groups is 1. The van der Waals surface area contributed by atoms with Crippen LogP contribution in [0.5, 0.6) is 17.4 Å². The van der Waals surface area contributed by atoms with Gasteiger partial charge in [0.2, 0.25) is 11.8 Å². The number of hydrogen-bond donors (Lipinski definition) is 2. The highest BCUT2D eigenvalue weighted by atomic mass is 16.6. The number of hydrogen-bond acceptors (Lipinski definition) is 10. The fourth-order valence-corrected chi connectivity index (χ4v) is 3.87. The van der Waals surface area contributed by atoms with Crippen molar-refractivity contribution in [3.05, 3.63) is 60.8 Å². The van der Waals surface area contributed by atoms with E-state index in [-0.39, 0.29) is 17.6 Å². The van der Waals surface area contributed by atoms with Crippen LogP contribution in [-0.4, -0.2) is 62.9 Å². The standard InChI is InChI=1S/C28H30N8O4/c1-17(2)28(37)31-18-6-5-7-21(14-18)39-24-15-23-22(16-30-24)32-27(25-26(29)34-40-33-25)36(23)19-8-10-20(11-9-19)38-13-12-35(3)4/h5-11,14-17H,12-13H2,1-4H3,(H2,29,34)(H,31,37). The molecule has 0 unspecified atom stereocenters. The Bertz CT molecular complexity index is 1630. The number of likely N-dealkylation sites (N-methyl/N-ethyl adjacent to an activating group) is 1. The molecule has 0 bridgehead atoms. The zero-order valence-electron chi connectivity index (χ0n) is 22.7. The zero-order valence-corrected chi connectivity index (χ0v) is 22.7. The van der Waals surface area contributed by atoms with Crippen LogP contribution >= 0.6 is 0 Å². The Kier molecular flexibility index (Phi) is 7.60. The van der Waals surface area contributed by atoms with Crippen molar-refractivity contribution in [2.24, 2.45) is 5.92 Å². The van der Waals surface area contributed by atoms with E-state index in [1.165, 1.54) is 0 Å². The molecule has 12 nitrogen and oxygen atoms in total. The van der Waals surface area contributed by atoms with Crippen LogP contribution in [0.15, 0.2) is 65.4 Å². The van der Waals surface area contributed by atoms with Gasteiger partial charge in [-0.3, -0.25) is 9.36 Å². The second kappa shape index (κ2) is 11.4. The highest BCUT2D eigenvalue weighted by Gasteiger charge is 2.21. The van der Waals surface area contributed by atoms with Gasteiger partial charge in [0.25, 0.3) is 0 Å². The van der Waals surface area contributed by atoms with Crippen LogP contribution in [0, 0.1) is 5.92 Å². The van der Waals surface area contributed by atoms with Gasteiger partial charge in [0.15, 0.2) is 17.3 Å². The quantitative estimate of drug-likeness (QED) is 0.261. The van der Waals surface area contributed by atoms with Gasteiger partial charge in [-0.25, -0.2) is 14.6 Å². The Morgan fingerprint density at radius 3 is 2.60 bits per heavy atom. The molecule has 0 aliphatic carbocycles. The molecular weight excluding hydrogens is 512 g/mol. The molecular formula is C28H30N8O4. The summed E-state index contributed by atoms with van der Waals surface area (Å²) in [7, 11) is 3.99. The summed E-state index contributed by atoms with van der Waals surface area (Å²) in [4.78, 5) is 23.3. The van der Waals surface area contributed by atoms with Crippen LogP contribution in [-0.2, 0) is 4.79 Å². The van der Waals surface area contributed by atoms with E-state index in [1.807, 2.05) is 56.8 Å². The molecule has 3 N–H and O–H groups in total. The number of fused-ring (bicyclic) bond motifs is 1. The minimum atomic E-state index is -0.143. The van der Waals surface area contributed by atoms with Gasteiger partial charge in [-0.2, -0.15) is 0 Å². The average molecular weight is 543 g/mol. The van der Waals surface area contributed by atoms with E-state index < -0.39 is 0 Å². The summed E-state index contributed by atoms with van der Waals surface area (Å²) >= 11 is 0. The largest absolute Gasteiger partial charge is 0.492 e. The highest BCUT2D eigenvalue weighted by Crippen LogP contribution is 2.33. The van der Waals surface area contributed by atoms with Gasteiger partial charge >= 0.3 is 0 Å². The number of nitrogens with one attached hydrogen (secondary N) is 1. The Hall–Kier alpha value is -4.97. The monoisotopic (exact) mass is 542 g/mol. The molecule has 0 saturated carbocycles. The number of imidazole rings is 1. The van der Waals surface area contributed by atoms with E-state index in [1.54, 1.807) is 36.5 Å². The fourth-order valence-electron chi connectivity index (χ4n) is 3.87. The number of carbonyl (C=O) groups excluding carboxylic acids is 1. The number of aromatic nitrogens is 5. The molecule has 5 aromatic rings. The molecule has 40 heavy (non-hydrogen) atoms. The first-order valence-corrected chi connectivity index (χ1v) is 12.7. The molecule has 0 spiro atoms. The molecule has 0 radical (unpaired) electrons. The number of nitrogens with zero attached hydrogens (tertiary/aromatic N) is 6. The van der Waals surface area contributed by atoms with Crippen molar-refractivity contribution >= 4 is 28.4 Å². The number of nitrogen functional groups attached to an aromatic ring is 1. The van der Waals surface area contributed by atoms with Crippen LogP contribution in [0.4, 0.5) is 11.5 Å². The van der Waals surface area contributed by atoms with Crippen molar-refractivity contribution in [1.29, 1.82) is 0 Å². The molecule has 0 atom stereocenters. The molecule has 0 aliphatic rings. The molecule has 0 fully saturated rings. The van der Waals surface area contributed by atoms with Crippen molar-refractivity contribution in [3.63, 3.8) is 0 Å². The van der Waals surface area contributed by atoms with Crippen molar-refractivity contribution in [1.82, 2.24) is 29.7 Å². The first-order chi connectivity index (χ1) is 19.3. The van der Waals surface area contributed by atoms with Crippen molar-refractivity contribution < 1.29 is 18.9 Å². The number of pyridine rings is 1. The van der Waals surface area contributed by atoms with Crippen LogP contribution in [0.25, 0.3) is 28.2 Å². The Morgan fingerprint density at radius 1 is 1.10 bits per heavy atom. The lowest BCUT2D eigenvalue weighted by molar-refractivity contribution is -0.118. The van der Waals surface area contributed by atoms with E-state index in [2.05, 4.69) is 25.5 Å². The number of benzene rings is 2. The Labute approximate surface area is 230 Å². The summed E-state index contributed by atoms with van der Waals surface area (Å²) in [6, 6.07) is 16.5. The van der Waals surface area contributed by atoms with Crippen molar-refractivity contribution in [2.75, 3.05) is 38.3 Å². The van der Waals surface area contributed by atoms with E-state index in [9.17, 15) is 4.79 Å². The van der Waals surface area contributed by atoms with Crippen molar-refractivity contribution in [3.8, 4) is 34.6 Å². The van der Waals surface area contributed by atoms with Gasteiger partial charge < -0.3 is 25.4 Å². The first-order valence-electron chi connectivity index (χ1n) is 12.7. The second-order valence-corrected chi connectivity index (χ2v) is 9.70. The SMILES string of the molecule is CC(C)C(=O)Nc1cccc(Oc2cc3c(cn2)nc(-c2nonc2N)n3-c2ccc(OCCN(C)C)cc2)c1. The third kappa shape index (κ3) is 5.86. The lowest BCUT2D eigenvalue weighted by Crippen LogP contribution is -2.19. The number of anilines is 2. The van der Waals surface area contributed by atoms with Gasteiger partial charge in [-0.1, -0.05) is 19.9 Å².